The Bertz CT molecular complexity index is 865. The first-order chi connectivity index (χ1) is 11.7. The van der Waals surface area contributed by atoms with E-state index in [0.29, 0.717) is 5.13 Å². The van der Waals surface area contributed by atoms with Crippen LogP contribution in [0, 0.1) is 5.82 Å². The number of aromatic nitrogens is 1. The molecular formula is C17H13BrFN3OS. The summed E-state index contributed by atoms with van der Waals surface area (Å²) in [5, 5.41) is 6.74. The van der Waals surface area contributed by atoms with Gasteiger partial charge >= 0.3 is 0 Å². The van der Waals surface area contributed by atoms with Crippen molar-refractivity contribution in [2.24, 2.45) is 5.10 Å². The van der Waals surface area contributed by atoms with E-state index in [2.05, 4.69) is 31.4 Å². The Labute approximate surface area is 151 Å². The fraction of sp³-hybridized carbons (Fsp3) is 0.0588. The summed E-state index contributed by atoms with van der Waals surface area (Å²) in [6, 6.07) is 11.9. The molecule has 0 spiro atoms. The molecule has 0 amide bonds. The minimum atomic E-state index is -0.261. The van der Waals surface area contributed by atoms with Gasteiger partial charge in [-0.3, -0.25) is 5.43 Å². The van der Waals surface area contributed by atoms with E-state index in [4.69, 9.17) is 4.74 Å². The van der Waals surface area contributed by atoms with Crippen LogP contribution in [-0.4, -0.2) is 18.3 Å². The van der Waals surface area contributed by atoms with Crippen molar-refractivity contribution in [3.8, 4) is 17.0 Å². The van der Waals surface area contributed by atoms with Gasteiger partial charge in [0.2, 0.25) is 5.13 Å². The van der Waals surface area contributed by atoms with E-state index in [1.54, 1.807) is 25.5 Å². The van der Waals surface area contributed by atoms with Crippen LogP contribution in [0.15, 0.2) is 57.4 Å². The Morgan fingerprint density at radius 1 is 1.25 bits per heavy atom. The standard InChI is InChI=1S/C17H13BrFN3OS/c1-23-16-7-2-11(8-14(16)18)9-20-22-17-21-15(10-24-17)12-3-5-13(19)6-4-12/h2-10H,1H3,(H,21,22)/b20-9-. The van der Waals surface area contributed by atoms with Crippen molar-refractivity contribution >= 4 is 38.6 Å². The van der Waals surface area contributed by atoms with Gasteiger partial charge in [0.1, 0.15) is 11.6 Å². The van der Waals surface area contributed by atoms with Crippen LogP contribution in [0.3, 0.4) is 0 Å². The Morgan fingerprint density at radius 2 is 2.04 bits per heavy atom. The molecule has 3 rings (SSSR count). The molecule has 0 aliphatic rings. The van der Waals surface area contributed by atoms with Crippen LogP contribution in [0.4, 0.5) is 9.52 Å². The van der Waals surface area contributed by atoms with Gasteiger partial charge in [-0.1, -0.05) is 0 Å². The van der Waals surface area contributed by atoms with Crippen LogP contribution in [0.25, 0.3) is 11.3 Å². The van der Waals surface area contributed by atoms with Crippen LogP contribution in [0.5, 0.6) is 5.75 Å². The summed E-state index contributed by atoms with van der Waals surface area (Å²) < 4.78 is 19.0. The van der Waals surface area contributed by atoms with Crippen molar-refractivity contribution in [1.82, 2.24) is 4.98 Å². The first-order valence-corrected chi connectivity index (χ1v) is 8.67. The van der Waals surface area contributed by atoms with Crippen LogP contribution < -0.4 is 10.2 Å². The van der Waals surface area contributed by atoms with Crippen molar-refractivity contribution in [2.45, 2.75) is 0 Å². The molecule has 1 N–H and O–H groups in total. The third kappa shape index (κ3) is 3.98. The summed E-state index contributed by atoms with van der Waals surface area (Å²) in [7, 11) is 1.62. The Kier molecular flexibility index (Phi) is 5.22. The maximum absolute atomic E-state index is 13.0. The van der Waals surface area contributed by atoms with Gasteiger partial charge in [0.05, 0.1) is 23.5 Å². The summed E-state index contributed by atoms with van der Waals surface area (Å²) in [5.41, 5.74) is 5.47. The van der Waals surface area contributed by atoms with Gasteiger partial charge in [-0.05, 0) is 64.0 Å². The minimum Gasteiger partial charge on any atom is -0.496 e. The molecule has 0 saturated carbocycles. The van der Waals surface area contributed by atoms with E-state index in [0.717, 1.165) is 27.0 Å². The smallest absolute Gasteiger partial charge is 0.203 e. The second kappa shape index (κ2) is 7.55. The van der Waals surface area contributed by atoms with Crippen molar-refractivity contribution in [2.75, 3.05) is 12.5 Å². The van der Waals surface area contributed by atoms with E-state index in [1.165, 1.54) is 23.5 Å². The second-order valence-corrected chi connectivity index (χ2v) is 6.52. The summed E-state index contributed by atoms with van der Waals surface area (Å²) >= 11 is 4.87. The quantitative estimate of drug-likeness (QED) is 0.470. The van der Waals surface area contributed by atoms with Gasteiger partial charge in [0.25, 0.3) is 0 Å². The van der Waals surface area contributed by atoms with Crippen molar-refractivity contribution in [3.05, 3.63) is 63.7 Å². The predicted octanol–water partition coefficient (Wildman–Crippen LogP) is 5.17. The monoisotopic (exact) mass is 405 g/mol. The fourth-order valence-corrected chi connectivity index (χ4v) is 3.23. The lowest BCUT2D eigenvalue weighted by atomic mass is 10.2. The maximum Gasteiger partial charge on any atom is 0.203 e. The number of hydrogen-bond donors (Lipinski definition) is 1. The highest BCUT2D eigenvalue weighted by atomic mass is 79.9. The molecule has 24 heavy (non-hydrogen) atoms. The lowest BCUT2D eigenvalue weighted by Gasteiger charge is -2.03. The zero-order valence-electron chi connectivity index (χ0n) is 12.7. The molecule has 1 aromatic heterocycles. The highest BCUT2D eigenvalue weighted by Gasteiger charge is 2.04. The molecule has 0 atom stereocenters. The van der Waals surface area contributed by atoms with Crippen LogP contribution in [0.2, 0.25) is 0 Å². The summed E-state index contributed by atoms with van der Waals surface area (Å²) in [6.07, 6.45) is 1.70. The van der Waals surface area contributed by atoms with Gasteiger partial charge < -0.3 is 4.74 Å². The zero-order valence-corrected chi connectivity index (χ0v) is 15.1. The number of nitrogens with one attached hydrogen (secondary N) is 1. The van der Waals surface area contributed by atoms with E-state index in [1.807, 2.05) is 23.6 Å². The molecule has 1 heterocycles. The lowest BCUT2D eigenvalue weighted by Crippen LogP contribution is -1.91. The summed E-state index contributed by atoms with van der Waals surface area (Å²) in [6.45, 7) is 0. The second-order valence-electron chi connectivity index (χ2n) is 4.81. The molecule has 0 aliphatic heterocycles. The number of anilines is 1. The number of ether oxygens (including phenoxy) is 1. The molecule has 4 nitrogen and oxygen atoms in total. The number of methoxy groups -OCH3 is 1. The van der Waals surface area contributed by atoms with E-state index in [9.17, 15) is 4.39 Å². The van der Waals surface area contributed by atoms with Gasteiger partial charge in [-0.2, -0.15) is 5.10 Å². The normalized spacial score (nSPS) is 11.0. The number of rotatable bonds is 5. The van der Waals surface area contributed by atoms with Crippen molar-refractivity contribution < 1.29 is 9.13 Å². The van der Waals surface area contributed by atoms with Crippen molar-refractivity contribution in [1.29, 1.82) is 0 Å². The predicted molar refractivity (Wildman–Crippen MR) is 99.4 cm³/mol. The topological polar surface area (TPSA) is 46.5 Å². The molecule has 7 heteroatoms. The summed E-state index contributed by atoms with van der Waals surface area (Å²) in [5.74, 6) is 0.506. The zero-order chi connectivity index (χ0) is 16.9. The molecule has 0 radical (unpaired) electrons. The molecule has 2 aromatic carbocycles. The van der Waals surface area contributed by atoms with Gasteiger partial charge in [0, 0.05) is 10.9 Å². The molecule has 3 aromatic rings. The Hall–Kier alpha value is -2.25. The SMILES string of the molecule is COc1ccc(/C=N\Nc2nc(-c3ccc(F)cc3)cs2)cc1Br. The number of halogens is 2. The molecule has 0 aliphatic carbocycles. The number of benzene rings is 2. The fourth-order valence-electron chi connectivity index (χ4n) is 2.00. The molecule has 122 valence electrons. The molecule has 0 bridgehead atoms. The third-order valence-electron chi connectivity index (χ3n) is 3.19. The van der Waals surface area contributed by atoms with Gasteiger partial charge in [0.15, 0.2) is 0 Å². The number of hydrazone groups is 1. The molecule has 0 saturated heterocycles. The lowest BCUT2D eigenvalue weighted by molar-refractivity contribution is 0.412. The first-order valence-electron chi connectivity index (χ1n) is 7.00. The van der Waals surface area contributed by atoms with E-state index < -0.39 is 0 Å². The van der Waals surface area contributed by atoms with Crippen molar-refractivity contribution in [3.63, 3.8) is 0 Å². The van der Waals surface area contributed by atoms with Crippen LogP contribution in [0.1, 0.15) is 5.56 Å². The molecule has 0 unspecified atom stereocenters. The number of hydrogen-bond acceptors (Lipinski definition) is 5. The van der Waals surface area contributed by atoms with Gasteiger partial charge in [-0.25, -0.2) is 9.37 Å². The Balaban J connectivity index is 1.67. The molecular weight excluding hydrogens is 393 g/mol. The average Bonchev–Trinajstić information content (AvgIpc) is 3.04. The minimum absolute atomic E-state index is 0.261. The highest BCUT2D eigenvalue weighted by molar-refractivity contribution is 9.10. The number of thiazole rings is 1. The third-order valence-corrected chi connectivity index (χ3v) is 4.56. The summed E-state index contributed by atoms with van der Waals surface area (Å²) in [4.78, 5) is 4.43. The van der Waals surface area contributed by atoms with Crippen LogP contribution >= 0.6 is 27.3 Å². The van der Waals surface area contributed by atoms with Crippen LogP contribution in [-0.2, 0) is 0 Å². The number of nitrogens with zero attached hydrogens (tertiary/aromatic N) is 2. The first kappa shape index (κ1) is 16.6. The molecule has 0 fully saturated rings. The highest BCUT2D eigenvalue weighted by Crippen LogP contribution is 2.26. The van der Waals surface area contributed by atoms with E-state index >= 15 is 0 Å². The maximum atomic E-state index is 13.0. The Morgan fingerprint density at radius 3 is 2.75 bits per heavy atom. The van der Waals surface area contributed by atoms with E-state index in [-0.39, 0.29) is 5.82 Å². The van der Waals surface area contributed by atoms with Gasteiger partial charge in [-0.15, -0.1) is 11.3 Å². The largest absolute Gasteiger partial charge is 0.496 e. The average molecular weight is 406 g/mol.